The summed E-state index contributed by atoms with van der Waals surface area (Å²) >= 11 is 0. The van der Waals surface area contributed by atoms with Crippen LogP contribution in [0.4, 0.5) is 0 Å². The van der Waals surface area contributed by atoms with Crippen LogP contribution in [0.25, 0.3) is 5.65 Å². The molecule has 0 radical (unpaired) electrons. The molecule has 0 saturated heterocycles. The van der Waals surface area contributed by atoms with Gasteiger partial charge in [0.25, 0.3) is 5.91 Å². The molecule has 3 rings (SSSR count). The van der Waals surface area contributed by atoms with Crippen molar-refractivity contribution in [2.45, 2.75) is 46.0 Å². The van der Waals surface area contributed by atoms with Crippen LogP contribution in [0.2, 0.25) is 0 Å². The molecular formula is C21H26N4O2. The number of aromatic nitrogens is 3. The molecule has 2 N–H and O–H groups in total. The van der Waals surface area contributed by atoms with Gasteiger partial charge in [-0.1, -0.05) is 39.8 Å². The molecule has 3 aromatic rings. The minimum absolute atomic E-state index is 0.0693. The van der Waals surface area contributed by atoms with Crippen molar-refractivity contribution in [3.8, 4) is 5.75 Å². The number of aromatic hydroxyl groups is 1. The second kappa shape index (κ2) is 7.78. The second-order valence-corrected chi connectivity index (χ2v) is 7.37. The summed E-state index contributed by atoms with van der Waals surface area (Å²) in [4.78, 5) is 12.7. The molecule has 0 fully saturated rings. The van der Waals surface area contributed by atoms with E-state index in [-0.39, 0.29) is 23.5 Å². The molecule has 6 heteroatoms. The molecule has 0 aliphatic carbocycles. The fourth-order valence-electron chi connectivity index (χ4n) is 3.07. The first-order chi connectivity index (χ1) is 12.9. The largest absolute Gasteiger partial charge is 0.507 e. The molecular weight excluding hydrogens is 340 g/mol. The van der Waals surface area contributed by atoms with E-state index >= 15 is 0 Å². The molecule has 27 heavy (non-hydrogen) atoms. The molecule has 0 aliphatic rings. The van der Waals surface area contributed by atoms with Gasteiger partial charge in [0.05, 0.1) is 5.56 Å². The van der Waals surface area contributed by atoms with Crippen molar-refractivity contribution < 1.29 is 9.90 Å². The minimum Gasteiger partial charge on any atom is -0.507 e. The summed E-state index contributed by atoms with van der Waals surface area (Å²) in [6.45, 7) is 8.59. The van der Waals surface area contributed by atoms with Gasteiger partial charge >= 0.3 is 0 Å². The first-order valence-electron chi connectivity index (χ1n) is 9.32. The van der Waals surface area contributed by atoms with Gasteiger partial charge in [-0.3, -0.25) is 9.20 Å². The molecule has 0 spiro atoms. The number of hydrogen-bond acceptors (Lipinski definition) is 4. The van der Waals surface area contributed by atoms with E-state index in [1.54, 1.807) is 6.07 Å². The zero-order valence-electron chi connectivity index (χ0n) is 16.2. The van der Waals surface area contributed by atoms with E-state index in [2.05, 4.69) is 29.4 Å². The summed E-state index contributed by atoms with van der Waals surface area (Å²) in [5.41, 5.74) is 2.96. The van der Waals surface area contributed by atoms with E-state index in [1.807, 2.05) is 48.7 Å². The van der Waals surface area contributed by atoms with Crippen LogP contribution < -0.4 is 5.32 Å². The van der Waals surface area contributed by atoms with E-state index < -0.39 is 0 Å². The third-order valence-corrected chi connectivity index (χ3v) is 4.71. The zero-order chi connectivity index (χ0) is 19.6. The monoisotopic (exact) mass is 366 g/mol. The van der Waals surface area contributed by atoms with Crippen molar-refractivity contribution >= 4 is 11.6 Å². The molecule has 6 nitrogen and oxygen atoms in total. The van der Waals surface area contributed by atoms with E-state index in [0.717, 1.165) is 22.6 Å². The highest BCUT2D eigenvalue weighted by Gasteiger charge is 2.19. The number of carbonyl (C=O) groups is 1. The van der Waals surface area contributed by atoms with Crippen LogP contribution in [0.5, 0.6) is 5.75 Å². The quantitative estimate of drug-likeness (QED) is 0.698. The topological polar surface area (TPSA) is 79.5 Å². The lowest BCUT2D eigenvalue weighted by Crippen LogP contribution is -2.26. The molecule has 0 bridgehead atoms. The van der Waals surface area contributed by atoms with Gasteiger partial charge in [-0.15, -0.1) is 10.2 Å². The second-order valence-electron chi connectivity index (χ2n) is 7.37. The SMILES string of the molecule is CC(C)c1cc(C(=O)NCCc2nnc3ccccn23)c(O)c(C(C)C)c1. The minimum atomic E-state index is -0.272. The van der Waals surface area contributed by atoms with Crippen molar-refractivity contribution in [1.82, 2.24) is 19.9 Å². The molecule has 0 saturated carbocycles. The molecule has 142 valence electrons. The number of pyridine rings is 1. The first kappa shape index (κ1) is 18.9. The average molecular weight is 366 g/mol. The Morgan fingerprint density at radius 3 is 2.63 bits per heavy atom. The van der Waals surface area contributed by atoms with Gasteiger partial charge in [0, 0.05) is 19.2 Å². The molecule has 0 atom stereocenters. The standard InChI is InChI=1S/C21H26N4O2/c1-13(2)15-11-16(14(3)4)20(26)17(12-15)21(27)22-9-8-19-24-23-18-7-5-6-10-25(18)19/h5-7,10-14,26H,8-9H2,1-4H3,(H,22,27). The van der Waals surface area contributed by atoms with Crippen molar-refractivity contribution in [3.05, 3.63) is 59.0 Å². The summed E-state index contributed by atoms with van der Waals surface area (Å²) in [6, 6.07) is 9.49. The molecule has 0 aliphatic heterocycles. The van der Waals surface area contributed by atoms with Crippen LogP contribution >= 0.6 is 0 Å². The summed E-state index contributed by atoms with van der Waals surface area (Å²) in [5.74, 6) is 0.995. The number of fused-ring (bicyclic) bond motifs is 1. The van der Waals surface area contributed by atoms with Crippen LogP contribution in [-0.2, 0) is 6.42 Å². The highest BCUT2D eigenvalue weighted by Crippen LogP contribution is 2.33. The number of rotatable bonds is 6. The van der Waals surface area contributed by atoms with Crippen LogP contribution in [0, 0.1) is 0 Å². The lowest BCUT2D eigenvalue weighted by Gasteiger charge is -2.17. The molecule has 1 amide bonds. The summed E-state index contributed by atoms with van der Waals surface area (Å²) in [5, 5.41) is 21.7. The number of amides is 1. The number of phenolic OH excluding ortho intramolecular Hbond substituents is 1. The van der Waals surface area contributed by atoms with Gasteiger partial charge in [-0.2, -0.15) is 0 Å². The normalized spacial score (nSPS) is 11.5. The van der Waals surface area contributed by atoms with Gasteiger partial charge in [0.1, 0.15) is 11.6 Å². The molecule has 2 aromatic heterocycles. The van der Waals surface area contributed by atoms with E-state index in [0.29, 0.717) is 18.5 Å². The van der Waals surface area contributed by atoms with Crippen molar-refractivity contribution in [2.75, 3.05) is 6.54 Å². The number of benzene rings is 1. The summed E-state index contributed by atoms with van der Waals surface area (Å²) in [6.07, 6.45) is 2.46. The van der Waals surface area contributed by atoms with E-state index in [1.165, 1.54) is 0 Å². The lowest BCUT2D eigenvalue weighted by molar-refractivity contribution is 0.0951. The summed E-state index contributed by atoms with van der Waals surface area (Å²) in [7, 11) is 0. The van der Waals surface area contributed by atoms with E-state index in [9.17, 15) is 9.90 Å². The summed E-state index contributed by atoms with van der Waals surface area (Å²) < 4.78 is 1.90. The average Bonchev–Trinajstić information content (AvgIpc) is 3.04. The maximum absolute atomic E-state index is 12.7. The Morgan fingerprint density at radius 1 is 1.15 bits per heavy atom. The van der Waals surface area contributed by atoms with Gasteiger partial charge in [0.2, 0.25) is 0 Å². The maximum Gasteiger partial charge on any atom is 0.255 e. The van der Waals surface area contributed by atoms with Crippen LogP contribution in [0.3, 0.4) is 0 Å². The zero-order valence-corrected chi connectivity index (χ0v) is 16.2. The number of phenols is 1. The van der Waals surface area contributed by atoms with Gasteiger partial charge in [0.15, 0.2) is 5.65 Å². The fraction of sp³-hybridized carbons (Fsp3) is 0.381. The molecule has 1 aromatic carbocycles. The third-order valence-electron chi connectivity index (χ3n) is 4.71. The fourth-order valence-corrected chi connectivity index (χ4v) is 3.07. The number of carbonyl (C=O) groups excluding carboxylic acids is 1. The Kier molecular flexibility index (Phi) is 5.44. The Labute approximate surface area is 159 Å². The maximum atomic E-state index is 12.7. The third kappa shape index (κ3) is 3.94. The number of hydrogen-bond donors (Lipinski definition) is 2. The van der Waals surface area contributed by atoms with Crippen molar-refractivity contribution in [3.63, 3.8) is 0 Å². The van der Waals surface area contributed by atoms with Gasteiger partial charge in [-0.05, 0) is 41.2 Å². The highest BCUT2D eigenvalue weighted by atomic mass is 16.3. The number of nitrogens with zero attached hydrogens (tertiary/aromatic N) is 3. The Hall–Kier alpha value is -2.89. The highest BCUT2D eigenvalue weighted by molar-refractivity contribution is 5.97. The van der Waals surface area contributed by atoms with Crippen LogP contribution in [0.1, 0.15) is 66.8 Å². The lowest BCUT2D eigenvalue weighted by atomic mass is 9.91. The Morgan fingerprint density at radius 2 is 1.93 bits per heavy atom. The molecule has 2 heterocycles. The predicted molar refractivity (Wildman–Crippen MR) is 105 cm³/mol. The van der Waals surface area contributed by atoms with E-state index in [4.69, 9.17) is 0 Å². The van der Waals surface area contributed by atoms with Crippen molar-refractivity contribution in [1.29, 1.82) is 0 Å². The smallest absolute Gasteiger partial charge is 0.255 e. The predicted octanol–water partition coefficient (Wildman–Crippen LogP) is 3.65. The Balaban J connectivity index is 1.75. The van der Waals surface area contributed by atoms with Gasteiger partial charge < -0.3 is 10.4 Å². The first-order valence-corrected chi connectivity index (χ1v) is 9.32. The van der Waals surface area contributed by atoms with Crippen molar-refractivity contribution in [2.24, 2.45) is 0 Å². The van der Waals surface area contributed by atoms with Crippen LogP contribution in [-0.4, -0.2) is 32.2 Å². The van der Waals surface area contributed by atoms with Crippen LogP contribution in [0.15, 0.2) is 36.5 Å². The Bertz CT molecular complexity index is 960. The molecule has 0 unspecified atom stereocenters. The number of nitrogens with one attached hydrogen (secondary N) is 1. The van der Waals surface area contributed by atoms with Gasteiger partial charge in [-0.25, -0.2) is 0 Å².